The van der Waals surface area contributed by atoms with Crippen molar-refractivity contribution in [2.75, 3.05) is 19.6 Å². The second-order valence-electron chi connectivity index (χ2n) is 31.9. The van der Waals surface area contributed by atoms with Crippen molar-refractivity contribution >= 4 is 80.0 Å². The number of nitrogens with zero attached hydrogens (tertiary/aromatic N) is 4. The second-order valence-corrected chi connectivity index (χ2v) is 31.9. The van der Waals surface area contributed by atoms with Crippen LogP contribution in [-0.4, -0.2) is 17.8 Å². The van der Waals surface area contributed by atoms with Gasteiger partial charge in [-0.25, -0.2) is 4.39 Å². The normalized spacial score (nSPS) is 23.1. The average Bonchev–Trinajstić information content (AvgIpc) is 1.84. The SMILES string of the molecule is CC(C)(C)c1ccc(N2c3ccc(N4c5ccc(-c6cccc(F)c6)cc5C5(C)CCCCC45C)cc3B3c4cc(C(C)(C)C)ccc4N(c4ccc(C(C)(C)C)cc4)c4cc(N5c6ccc(C(C)(C)C)cc6C6(C)CCCCC56C)cc2c43)cc1. The first kappa shape index (κ1) is 56.7. The third kappa shape index (κ3) is 8.32. The molecule has 0 radical (unpaired) electrons. The minimum absolute atomic E-state index is 0.00173. The van der Waals surface area contributed by atoms with Gasteiger partial charge in [0.1, 0.15) is 5.82 Å². The van der Waals surface area contributed by atoms with Crippen LogP contribution in [0.2, 0.25) is 0 Å². The predicted octanol–water partition coefficient (Wildman–Crippen LogP) is 20.2. The number of hydrogen-bond donors (Lipinski definition) is 0. The highest BCUT2D eigenvalue weighted by Gasteiger charge is 2.60. The molecule has 2 fully saturated rings. The molecular formula is C80H90BFN4. The zero-order valence-corrected chi connectivity index (χ0v) is 54.4. The third-order valence-electron chi connectivity index (χ3n) is 22.6. The zero-order chi connectivity index (χ0) is 60.6. The zero-order valence-electron chi connectivity index (χ0n) is 54.4. The summed E-state index contributed by atoms with van der Waals surface area (Å²) in [7, 11) is 0. The fourth-order valence-corrected chi connectivity index (χ4v) is 17.1. The summed E-state index contributed by atoms with van der Waals surface area (Å²) in [4.78, 5) is 10.9. The molecule has 440 valence electrons. The first-order chi connectivity index (χ1) is 40.5. The summed E-state index contributed by atoms with van der Waals surface area (Å²) in [5.41, 5.74) is 25.9. The van der Waals surface area contributed by atoms with E-state index in [1.165, 1.54) is 127 Å². The Bertz CT molecular complexity index is 4040. The van der Waals surface area contributed by atoms with Gasteiger partial charge >= 0.3 is 0 Å². The van der Waals surface area contributed by atoms with Crippen molar-refractivity contribution < 1.29 is 4.39 Å². The second kappa shape index (κ2) is 19.0. The minimum atomic E-state index is -0.208. The van der Waals surface area contributed by atoms with Gasteiger partial charge in [-0.3, -0.25) is 0 Å². The lowest BCUT2D eigenvalue weighted by atomic mass is 9.33. The Balaban J connectivity index is 1.07. The maximum absolute atomic E-state index is 14.9. The summed E-state index contributed by atoms with van der Waals surface area (Å²) < 4.78 is 14.9. The topological polar surface area (TPSA) is 13.0 Å². The highest BCUT2D eigenvalue weighted by atomic mass is 19.1. The molecule has 4 aliphatic heterocycles. The van der Waals surface area contributed by atoms with Gasteiger partial charge in [0.2, 0.25) is 0 Å². The summed E-state index contributed by atoms with van der Waals surface area (Å²) in [6.07, 6.45) is 9.23. The van der Waals surface area contributed by atoms with E-state index in [0.29, 0.717) is 0 Å². The molecule has 4 atom stereocenters. The fraction of sp³-hybridized carbons (Fsp3) is 0.400. The van der Waals surface area contributed by atoms with Crippen molar-refractivity contribution in [3.8, 4) is 11.1 Å². The lowest BCUT2D eigenvalue weighted by molar-refractivity contribution is 0.195. The number of hydrogen-bond acceptors (Lipinski definition) is 4. The van der Waals surface area contributed by atoms with Gasteiger partial charge in [-0.05, 0) is 213 Å². The van der Waals surface area contributed by atoms with Gasteiger partial charge in [-0.15, -0.1) is 0 Å². The molecule has 8 aromatic rings. The molecule has 0 spiro atoms. The van der Waals surface area contributed by atoms with Crippen LogP contribution in [0.1, 0.15) is 196 Å². The summed E-state index contributed by atoms with van der Waals surface area (Å²) in [5.74, 6) is -0.203. The smallest absolute Gasteiger partial charge is 0.252 e. The number of anilines is 10. The lowest BCUT2D eigenvalue weighted by Gasteiger charge is -2.51. The Hall–Kier alpha value is -7.05. The molecule has 0 bridgehead atoms. The number of benzene rings is 8. The lowest BCUT2D eigenvalue weighted by Crippen LogP contribution is -2.62. The molecule has 14 rings (SSSR count). The molecule has 4 heterocycles. The molecule has 0 N–H and O–H groups in total. The van der Waals surface area contributed by atoms with Crippen molar-refractivity contribution in [3.05, 3.63) is 197 Å². The van der Waals surface area contributed by atoms with Gasteiger partial charge in [0.25, 0.3) is 6.71 Å². The van der Waals surface area contributed by atoms with E-state index in [1.807, 2.05) is 6.07 Å². The van der Waals surface area contributed by atoms with E-state index in [1.54, 1.807) is 12.1 Å². The van der Waals surface area contributed by atoms with Gasteiger partial charge in [-0.2, -0.15) is 0 Å². The standard InChI is InChI=1S/C80H90BFN4/c1-73(2,3)53-25-31-58(32-26-53)83-68-38-30-56(76(10,11)12)47-64(68)81-65-48-60(85-66-36-24-52(51-22-21-23-57(82)44-51)45-62(66)77(13)40-17-19-42-79(77,85)15)35-39-69(65)84(59-33-27-54(28-34-59)74(4,5)6)71-50-61(49-70(83)72(71)81)86-67-37-29-55(75(7,8)9)46-63(67)78(14)41-18-20-43-80(78,86)16/h21-39,44-50H,17-20,40-43H2,1-16H3. The molecule has 6 aliphatic rings. The van der Waals surface area contributed by atoms with Gasteiger partial charge in [-0.1, -0.05) is 189 Å². The summed E-state index contributed by atoms with van der Waals surface area (Å²) in [6.45, 7) is 38.3. The van der Waals surface area contributed by atoms with Gasteiger partial charge in [0.15, 0.2) is 0 Å². The minimum Gasteiger partial charge on any atom is -0.334 e. The molecule has 4 unspecified atom stereocenters. The van der Waals surface area contributed by atoms with Crippen molar-refractivity contribution in [1.29, 1.82) is 0 Å². The Morgan fingerprint density at radius 2 is 0.767 bits per heavy atom. The van der Waals surface area contributed by atoms with Crippen LogP contribution >= 0.6 is 0 Å². The largest absolute Gasteiger partial charge is 0.334 e. The molecule has 6 heteroatoms. The molecular weight excluding hydrogens is 1050 g/mol. The van der Waals surface area contributed by atoms with Crippen LogP contribution in [0.25, 0.3) is 11.1 Å². The highest BCUT2D eigenvalue weighted by Crippen LogP contribution is 2.64. The summed E-state index contributed by atoms with van der Waals surface area (Å²) in [6, 6.07) is 61.0. The van der Waals surface area contributed by atoms with Crippen LogP contribution in [0.4, 0.5) is 61.3 Å². The molecule has 86 heavy (non-hydrogen) atoms. The van der Waals surface area contributed by atoms with Crippen LogP contribution in [0, 0.1) is 5.82 Å². The van der Waals surface area contributed by atoms with E-state index < -0.39 is 0 Å². The Kier molecular flexibility index (Phi) is 12.5. The van der Waals surface area contributed by atoms with Crippen molar-refractivity contribution in [1.82, 2.24) is 0 Å². The highest BCUT2D eigenvalue weighted by molar-refractivity contribution is 7.00. The van der Waals surface area contributed by atoms with E-state index in [4.69, 9.17) is 0 Å². The molecule has 8 aromatic carbocycles. The van der Waals surface area contributed by atoms with Crippen molar-refractivity contribution in [2.24, 2.45) is 0 Å². The van der Waals surface area contributed by atoms with E-state index in [2.05, 4.69) is 270 Å². The predicted molar refractivity (Wildman–Crippen MR) is 366 cm³/mol. The average molecular weight is 1140 g/mol. The van der Waals surface area contributed by atoms with E-state index in [9.17, 15) is 4.39 Å². The Morgan fingerprint density at radius 1 is 0.360 bits per heavy atom. The summed E-state index contributed by atoms with van der Waals surface area (Å²) in [5, 5.41) is 0. The number of fused-ring (bicyclic) bond motifs is 10. The Morgan fingerprint density at radius 3 is 1.28 bits per heavy atom. The van der Waals surface area contributed by atoms with E-state index in [-0.39, 0.29) is 56.1 Å². The van der Waals surface area contributed by atoms with Crippen molar-refractivity contribution in [3.63, 3.8) is 0 Å². The van der Waals surface area contributed by atoms with Crippen LogP contribution < -0.4 is 36.0 Å². The van der Waals surface area contributed by atoms with Gasteiger partial charge < -0.3 is 19.6 Å². The van der Waals surface area contributed by atoms with E-state index in [0.717, 1.165) is 42.5 Å². The maximum atomic E-state index is 14.9. The Labute approximate surface area is 515 Å². The molecule has 2 aliphatic carbocycles. The fourth-order valence-electron chi connectivity index (χ4n) is 17.1. The first-order valence-electron chi connectivity index (χ1n) is 32.5. The molecule has 0 aromatic heterocycles. The van der Waals surface area contributed by atoms with Gasteiger partial charge in [0, 0.05) is 67.7 Å². The van der Waals surface area contributed by atoms with E-state index >= 15 is 0 Å². The number of rotatable bonds is 5. The molecule has 4 nitrogen and oxygen atoms in total. The maximum Gasteiger partial charge on any atom is 0.252 e. The molecule has 0 saturated heterocycles. The van der Waals surface area contributed by atoms with Crippen LogP contribution in [0.3, 0.4) is 0 Å². The van der Waals surface area contributed by atoms with Crippen LogP contribution in [0.5, 0.6) is 0 Å². The van der Waals surface area contributed by atoms with Crippen LogP contribution in [0.15, 0.2) is 158 Å². The van der Waals surface area contributed by atoms with Gasteiger partial charge in [0.05, 0.1) is 11.1 Å². The van der Waals surface area contributed by atoms with Crippen molar-refractivity contribution in [2.45, 2.75) is 206 Å². The van der Waals surface area contributed by atoms with Crippen LogP contribution in [-0.2, 0) is 32.5 Å². The quantitative estimate of drug-likeness (QED) is 0.159. The summed E-state index contributed by atoms with van der Waals surface area (Å²) >= 11 is 0. The third-order valence-corrected chi connectivity index (χ3v) is 22.6. The first-order valence-corrected chi connectivity index (χ1v) is 32.5. The molecule has 2 saturated carbocycles. The molecule has 0 amide bonds. The monoisotopic (exact) mass is 1140 g/mol. The number of halogens is 1.